The molecule has 7 nitrogen and oxygen atoms in total. The van der Waals surface area contributed by atoms with Crippen LogP contribution in [-0.4, -0.2) is 41.8 Å². The van der Waals surface area contributed by atoms with Crippen molar-refractivity contribution >= 4 is 11.8 Å². The van der Waals surface area contributed by atoms with Crippen LogP contribution in [-0.2, 0) is 11.8 Å². The third-order valence-electron chi connectivity index (χ3n) is 2.49. The Morgan fingerprint density at radius 1 is 1.42 bits per heavy atom. The predicted molar refractivity (Wildman–Crippen MR) is 70.0 cm³/mol. The predicted octanol–water partition coefficient (Wildman–Crippen LogP) is 0.0748. The molecule has 0 atom stereocenters. The number of aryl methyl sites for hydroxylation is 1. The first-order valence-corrected chi connectivity index (χ1v) is 6.21. The standard InChI is InChI=1S/C12H20N4O3/c1-4-5-6-13-10(17)7-14-11(18)9-8-16(2)15-12(9)19-3/h8H,4-7H2,1-3H3,(H,13,17)(H,14,18). The van der Waals surface area contributed by atoms with Gasteiger partial charge in [0.25, 0.3) is 5.91 Å². The molecule has 0 unspecified atom stereocenters. The Morgan fingerprint density at radius 2 is 2.16 bits per heavy atom. The zero-order valence-electron chi connectivity index (χ0n) is 11.5. The van der Waals surface area contributed by atoms with E-state index in [1.54, 1.807) is 13.2 Å². The molecular formula is C12H20N4O3. The van der Waals surface area contributed by atoms with Gasteiger partial charge in [-0.2, -0.15) is 0 Å². The molecular weight excluding hydrogens is 248 g/mol. The zero-order valence-corrected chi connectivity index (χ0v) is 11.5. The molecule has 0 saturated heterocycles. The van der Waals surface area contributed by atoms with Crippen LogP contribution in [0.2, 0.25) is 0 Å². The lowest BCUT2D eigenvalue weighted by Crippen LogP contribution is -2.37. The average Bonchev–Trinajstić information content (AvgIpc) is 2.77. The van der Waals surface area contributed by atoms with Crippen molar-refractivity contribution in [1.29, 1.82) is 0 Å². The van der Waals surface area contributed by atoms with Crippen molar-refractivity contribution < 1.29 is 14.3 Å². The van der Waals surface area contributed by atoms with Crippen LogP contribution in [0, 0.1) is 0 Å². The highest BCUT2D eigenvalue weighted by Gasteiger charge is 2.16. The summed E-state index contributed by atoms with van der Waals surface area (Å²) in [6.07, 6.45) is 3.48. The number of rotatable bonds is 7. The molecule has 0 bridgehead atoms. The van der Waals surface area contributed by atoms with Crippen LogP contribution in [0.4, 0.5) is 0 Å². The largest absolute Gasteiger partial charge is 0.479 e. The van der Waals surface area contributed by atoms with Crippen LogP contribution in [0.25, 0.3) is 0 Å². The van der Waals surface area contributed by atoms with Crippen LogP contribution in [0.15, 0.2) is 6.20 Å². The number of aromatic nitrogens is 2. The zero-order chi connectivity index (χ0) is 14.3. The maximum absolute atomic E-state index is 11.8. The Morgan fingerprint density at radius 3 is 2.79 bits per heavy atom. The number of carbonyl (C=O) groups excluding carboxylic acids is 2. The van der Waals surface area contributed by atoms with E-state index in [1.807, 2.05) is 6.92 Å². The molecule has 106 valence electrons. The molecule has 0 saturated carbocycles. The third-order valence-corrected chi connectivity index (χ3v) is 2.49. The minimum atomic E-state index is -0.379. The van der Waals surface area contributed by atoms with E-state index in [0.29, 0.717) is 12.1 Å². The Balaban J connectivity index is 2.44. The summed E-state index contributed by atoms with van der Waals surface area (Å²) in [5, 5.41) is 9.22. The number of nitrogens with zero attached hydrogens (tertiary/aromatic N) is 2. The van der Waals surface area contributed by atoms with Gasteiger partial charge in [-0.3, -0.25) is 14.3 Å². The summed E-state index contributed by atoms with van der Waals surface area (Å²) < 4.78 is 6.46. The molecule has 0 aliphatic rings. The quantitative estimate of drug-likeness (QED) is 0.686. The lowest BCUT2D eigenvalue weighted by molar-refractivity contribution is -0.120. The Kier molecular flexibility index (Phi) is 5.84. The molecule has 0 radical (unpaired) electrons. The molecule has 0 aliphatic heterocycles. The molecule has 1 aromatic heterocycles. The van der Waals surface area contributed by atoms with Gasteiger partial charge in [0.15, 0.2) is 0 Å². The SMILES string of the molecule is CCCCNC(=O)CNC(=O)c1cn(C)nc1OC. The Labute approximate surface area is 112 Å². The number of hydrogen-bond donors (Lipinski definition) is 2. The highest BCUT2D eigenvalue weighted by atomic mass is 16.5. The van der Waals surface area contributed by atoms with E-state index in [-0.39, 0.29) is 24.2 Å². The van der Waals surface area contributed by atoms with Crippen molar-refractivity contribution in [2.75, 3.05) is 20.2 Å². The Hall–Kier alpha value is -2.05. The fourth-order valence-corrected chi connectivity index (χ4v) is 1.50. The van der Waals surface area contributed by atoms with E-state index in [2.05, 4.69) is 15.7 Å². The summed E-state index contributed by atoms with van der Waals surface area (Å²) >= 11 is 0. The smallest absolute Gasteiger partial charge is 0.258 e. The molecule has 1 heterocycles. The molecule has 2 amide bonds. The van der Waals surface area contributed by atoms with Gasteiger partial charge in [-0.05, 0) is 6.42 Å². The highest BCUT2D eigenvalue weighted by molar-refractivity contribution is 5.98. The number of unbranched alkanes of at least 4 members (excludes halogenated alkanes) is 1. The third kappa shape index (κ3) is 4.61. The minimum absolute atomic E-state index is 0.0550. The molecule has 7 heteroatoms. The number of carbonyl (C=O) groups is 2. The molecule has 0 aliphatic carbocycles. The Bertz CT molecular complexity index is 442. The maximum atomic E-state index is 11.8. The number of ether oxygens (including phenoxy) is 1. The molecule has 0 aromatic carbocycles. The van der Waals surface area contributed by atoms with E-state index in [9.17, 15) is 9.59 Å². The molecule has 0 spiro atoms. The highest BCUT2D eigenvalue weighted by Crippen LogP contribution is 2.13. The molecule has 2 N–H and O–H groups in total. The first kappa shape index (κ1) is 15.0. The second kappa shape index (κ2) is 7.40. The van der Waals surface area contributed by atoms with Crippen molar-refractivity contribution in [1.82, 2.24) is 20.4 Å². The fraction of sp³-hybridized carbons (Fsp3) is 0.583. The van der Waals surface area contributed by atoms with E-state index in [4.69, 9.17) is 4.74 Å². The summed E-state index contributed by atoms with van der Waals surface area (Å²) in [5.74, 6) is -0.341. The van der Waals surface area contributed by atoms with Gasteiger partial charge < -0.3 is 15.4 Å². The molecule has 0 fully saturated rings. The summed E-state index contributed by atoms with van der Waals surface area (Å²) in [5.41, 5.74) is 0.311. The van der Waals surface area contributed by atoms with Crippen LogP contribution in [0.5, 0.6) is 5.88 Å². The second-order valence-corrected chi connectivity index (χ2v) is 4.11. The first-order valence-electron chi connectivity index (χ1n) is 6.21. The van der Waals surface area contributed by atoms with E-state index in [1.165, 1.54) is 11.8 Å². The van der Waals surface area contributed by atoms with Gasteiger partial charge in [0, 0.05) is 19.8 Å². The van der Waals surface area contributed by atoms with Crippen LogP contribution in [0.1, 0.15) is 30.1 Å². The van der Waals surface area contributed by atoms with Crippen molar-refractivity contribution in [3.05, 3.63) is 11.8 Å². The van der Waals surface area contributed by atoms with Crippen LogP contribution < -0.4 is 15.4 Å². The van der Waals surface area contributed by atoms with Gasteiger partial charge in [0.1, 0.15) is 5.56 Å². The summed E-state index contributed by atoms with van der Waals surface area (Å²) in [4.78, 5) is 23.3. The van der Waals surface area contributed by atoms with Gasteiger partial charge in [0.05, 0.1) is 13.7 Å². The topological polar surface area (TPSA) is 85.3 Å². The van der Waals surface area contributed by atoms with E-state index >= 15 is 0 Å². The number of methoxy groups -OCH3 is 1. The molecule has 1 aromatic rings. The van der Waals surface area contributed by atoms with Gasteiger partial charge in [-0.25, -0.2) is 0 Å². The summed E-state index contributed by atoms with van der Waals surface area (Å²) in [6.45, 7) is 2.62. The average molecular weight is 268 g/mol. The van der Waals surface area contributed by atoms with Gasteiger partial charge >= 0.3 is 0 Å². The number of amides is 2. The summed E-state index contributed by atoms with van der Waals surface area (Å²) in [7, 11) is 3.13. The lowest BCUT2D eigenvalue weighted by Gasteiger charge is -2.06. The van der Waals surface area contributed by atoms with Gasteiger partial charge in [-0.15, -0.1) is 5.10 Å². The second-order valence-electron chi connectivity index (χ2n) is 4.11. The van der Waals surface area contributed by atoms with Crippen molar-refractivity contribution in [3.8, 4) is 5.88 Å². The molecule has 1 rings (SSSR count). The van der Waals surface area contributed by atoms with Gasteiger partial charge in [0.2, 0.25) is 11.8 Å². The van der Waals surface area contributed by atoms with Crippen LogP contribution in [0.3, 0.4) is 0 Å². The van der Waals surface area contributed by atoms with Crippen molar-refractivity contribution in [2.24, 2.45) is 7.05 Å². The number of hydrogen-bond acceptors (Lipinski definition) is 4. The van der Waals surface area contributed by atoms with E-state index < -0.39 is 0 Å². The number of nitrogens with one attached hydrogen (secondary N) is 2. The lowest BCUT2D eigenvalue weighted by atomic mass is 10.3. The monoisotopic (exact) mass is 268 g/mol. The van der Waals surface area contributed by atoms with Gasteiger partial charge in [-0.1, -0.05) is 13.3 Å². The molecule has 19 heavy (non-hydrogen) atoms. The van der Waals surface area contributed by atoms with Crippen molar-refractivity contribution in [2.45, 2.75) is 19.8 Å². The van der Waals surface area contributed by atoms with Crippen molar-refractivity contribution in [3.63, 3.8) is 0 Å². The first-order chi connectivity index (χ1) is 9.08. The minimum Gasteiger partial charge on any atom is -0.479 e. The maximum Gasteiger partial charge on any atom is 0.258 e. The fourth-order valence-electron chi connectivity index (χ4n) is 1.50. The summed E-state index contributed by atoms with van der Waals surface area (Å²) in [6, 6.07) is 0. The van der Waals surface area contributed by atoms with Crippen LogP contribution >= 0.6 is 0 Å². The van der Waals surface area contributed by atoms with E-state index in [0.717, 1.165) is 12.8 Å². The normalized spacial score (nSPS) is 10.1.